The van der Waals surface area contributed by atoms with Gasteiger partial charge in [-0.1, -0.05) is 79.2 Å². The van der Waals surface area contributed by atoms with Gasteiger partial charge in [-0.05, 0) is 53.5 Å². The van der Waals surface area contributed by atoms with E-state index in [1.165, 1.54) is 40.3 Å². The molecule has 1 atom stereocenters. The lowest BCUT2D eigenvalue weighted by Crippen LogP contribution is -2.21. The topological polar surface area (TPSA) is 24.9 Å². The summed E-state index contributed by atoms with van der Waals surface area (Å²) in [6, 6.07) is 30.7. The van der Waals surface area contributed by atoms with Crippen LogP contribution in [-0.2, 0) is 13.0 Å². The van der Waals surface area contributed by atoms with Gasteiger partial charge in [-0.15, -0.1) is 12.4 Å². The Balaban J connectivity index is 0.00000256. The maximum atomic E-state index is 4.20. The van der Waals surface area contributed by atoms with Gasteiger partial charge < -0.3 is 5.32 Å². The molecule has 30 heavy (non-hydrogen) atoms. The summed E-state index contributed by atoms with van der Waals surface area (Å²) in [6.07, 6.45) is 8.52. The first-order chi connectivity index (χ1) is 14.4. The zero-order chi connectivity index (χ0) is 19.7. The molecule has 1 N–H and O–H groups in total. The van der Waals surface area contributed by atoms with Crippen molar-refractivity contribution >= 4 is 23.2 Å². The van der Waals surface area contributed by atoms with Gasteiger partial charge >= 0.3 is 0 Å². The number of hydrogen-bond donors (Lipinski definition) is 1. The largest absolute Gasteiger partial charge is 0.306 e. The summed E-state index contributed by atoms with van der Waals surface area (Å²) in [7, 11) is 0. The molecule has 4 rings (SSSR count). The molecule has 0 aliphatic heterocycles. The molecule has 154 valence electrons. The molecular weight excluding hydrogens is 388 g/mol. The molecule has 4 aromatic rings. The number of fused-ring (bicyclic) bond motifs is 1. The van der Waals surface area contributed by atoms with E-state index in [2.05, 4.69) is 95.2 Å². The normalized spacial score (nSPS) is 11.7. The summed E-state index contributed by atoms with van der Waals surface area (Å²) >= 11 is 0. The standard InChI is InChI=1S/C27H28N2.ClH/c1-3-9-22(10-4-1)11-7-8-14-27(24-12-5-2-6-13-24)29-20-23-15-16-26-21-28-18-17-25(26)19-23;/h1-6,9-10,12-13,15-19,21,27,29H,7-8,11,14,20H2;1H/t27-;/m0./s1. The Kier molecular flexibility index (Phi) is 8.43. The molecule has 0 unspecified atom stereocenters. The predicted molar refractivity (Wildman–Crippen MR) is 129 cm³/mol. The smallest absolute Gasteiger partial charge is 0.0346 e. The van der Waals surface area contributed by atoms with Crippen molar-refractivity contribution in [3.63, 3.8) is 0 Å². The number of pyridine rings is 1. The third-order valence-electron chi connectivity index (χ3n) is 5.51. The highest BCUT2D eigenvalue weighted by Gasteiger charge is 2.11. The van der Waals surface area contributed by atoms with Crippen LogP contribution >= 0.6 is 12.4 Å². The maximum Gasteiger partial charge on any atom is 0.0346 e. The average molecular weight is 417 g/mol. The number of benzene rings is 3. The fraction of sp³-hybridized carbons (Fsp3) is 0.222. The number of rotatable bonds is 9. The van der Waals surface area contributed by atoms with Gasteiger partial charge in [-0.3, -0.25) is 4.98 Å². The monoisotopic (exact) mass is 416 g/mol. The molecule has 0 bridgehead atoms. The van der Waals surface area contributed by atoms with E-state index >= 15 is 0 Å². The molecule has 3 heteroatoms. The molecule has 1 aromatic heterocycles. The number of unbranched alkanes of at least 4 members (excludes halogenated alkanes) is 1. The van der Waals surface area contributed by atoms with E-state index in [1.807, 2.05) is 12.4 Å². The average Bonchev–Trinajstić information content (AvgIpc) is 2.80. The second-order valence-corrected chi connectivity index (χ2v) is 7.63. The Labute approximate surface area is 185 Å². The van der Waals surface area contributed by atoms with Gasteiger partial charge in [0.25, 0.3) is 0 Å². The summed E-state index contributed by atoms with van der Waals surface area (Å²) in [5, 5.41) is 6.24. The van der Waals surface area contributed by atoms with E-state index in [-0.39, 0.29) is 12.4 Å². The van der Waals surface area contributed by atoms with Crippen molar-refractivity contribution in [2.24, 2.45) is 0 Å². The second-order valence-electron chi connectivity index (χ2n) is 7.63. The maximum absolute atomic E-state index is 4.20. The number of aryl methyl sites for hydroxylation is 1. The van der Waals surface area contributed by atoms with E-state index in [0.29, 0.717) is 6.04 Å². The van der Waals surface area contributed by atoms with Crippen molar-refractivity contribution in [2.75, 3.05) is 0 Å². The van der Waals surface area contributed by atoms with Gasteiger partial charge in [0.1, 0.15) is 0 Å². The summed E-state index contributed by atoms with van der Waals surface area (Å²) in [5.41, 5.74) is 4.12. The summed E-state index contributed by atoms with van der Waals surface area (Å²) in [4.78, 5) is 4.20. The molecular formula is C27H29ClN2. The van der Waals surface area contributed by atoms with Crippen LogP contribution < -0.4 is 5.32 Å². The van der Waals surface area contributed by atoms with Crippen LogP contribution in [-0.4, -0.2) is 4.98 Å². The van der Waals surface area contributed by atoms with Crippen LogP contribution in [0.1, 0.15) is 42.0 Å². The van der Waals surface area contributed by atoms with Gasteiger partial charge in [0.2, 0.25) is 0 Å². The second kappa shape index (κ2) is 11.5. The first-order valence-corrected chi connectivity index (χ1v) is 10.5. The molecule has 0 aliphatic rings. The molecule has 0 fully saturated rings. The van der Waals surface area contributed by atoms with Crippen LogP contribution in [0.25, 0.3) is 10.8 Å². The van der Waals surface area contributed by atoms with E-state index in [1.54, 1.807) is 0 Å². The molecule has 1 heterocycles. The number of halogens is 1. The Morgan fingerprint density at radius 1 is 0.733 bits per heavy atom. The lowest BCUT2D eigenvalue weighted by molar-refractivity contribution is 0.475. The highest BCUT2D eigenvalue weighted by Crippen LogP contribution is 2.22. The molecule has 0 amide bonds. The molecule has 0 radical (unpaired) electrons. The molecule has 3 aromatic carbocycles. The minimum Gasteiger partial charge on any atom is -0.306 e. The predicted octanol–water partition coefficient (Wildman–Crippen LogP) is 6.90. The van der Waals surface area contributed by atoms with Crippen LogP contribution in [0.5, 0.6) is 0 Å². The highest BCUT2D eigenvalue weighted by molar-refractivity contribution is 5.85. The van der Waals surface area contributed by atoms with Crippen molar-refractivity contribution in [1.82, 2.24) is 10.3 Å². The minimum atomic E-state index is 0. The van der Waals surface area contributed by atoms with E-state index in [4.69, 9.17) is 0 Å². The third-order valence-corrected chi connectivity index (χ3v) is 5.51. The van der Waals surface area contributed by atoms with Gasteiger partial charge in [0.05, 0.1) is 0 Å². The van der Waals surface area contributed by atoms with Crippen LogP contribution in [0.3, 0.4) is 0 Å². The quantitative estimate of drug-likeness (QED) is 0.300. The number of aromatic nitrogens is 1. The molecule has 2 nitrogen and oxygen atoms in total. The lowest BCUT2D eigenvalue weighted by Gasteiger charge is -2.20. The zero-order valence-electron chi connectivity index (χ0n) is 17.2. The molecule has 0 saturated carbocycles. The SMILES string of the molecule is Cl.c1ccc(CCCC[C@H](NCc2ccc3cnccc3c2)c2ccccc2)cc1. The number of nitrogens with one attached hydrogen (secondary N) is 1. The zero-order valence-corrected chi connectivity index (χ0v) is 18.0. The molecule has 0 spiro atoms. The summed E-state index contributed by atoms with van der Waals surface area (Å²) in [5.74, 6) is 0. The van der Waals surface area contributed by atoms with Crippen molar-refractivity contribution in [3.8, 4) is 0 Å². The molecule has 0 aliphatic carbocycles. The Morgan fingerprint density at radius 3 is 2.30 bits per heavy atom. The van der Waals surface area contributed by atoms with Gasteiger partial charge in [-0.2, -0.15) is 0 Å². The minimum absolute atomic E-state index is 0. The van der Waals surface area contributed by atoms with Crippen LogP contribution in [0.2, 0.25) is 0 Å². The van der Waals surface area contributed by atoms with Crippen molar-refractivity contribution in [2.45, 2.75) is 38.3 Å². The van der Waals surface area contributed by atoms with Gasteiger partial charge in [0, 0.05) is 30.4 Å². The molecule has 0 saturated heterocycles. The van der Waals surface area contributed by atoms with Crippen molar-refractivity contribution < 1.29 is 0 Å². The van der Waals surface area contributed by atoms with Crippen LogP contribution in [0.15, 0.2) is 97.3 Å². The number of nitrogens with zero attached hydrogens (tertiary/aromatic N) is 1. The Hall–Kier alpha value is -2.68. The van der Waals surface area contributed by atoms with Crippen molar-refractivity contribution in [1.29, 1.82) is 0 Å². The van der Waals surface area contributed by atoms with Crippen LogP contribution in [0.4, 0.5) is 0 Å². The van der Waals surface area contributed by atoms with E-state index in [9.17, 15) is 0 Å². The fourth-order valence-electron chi connectivity index (χ4n) is 3.88. The van der Waals surface area contributed by atoms with Crippen molar-refractivity contribution in [3.05, 3.63) is 114 Å². The van der Waals surface area contributed by atoms with Gasteiger partial charge in [-0.25, -0.2) is 0 Å². The first kappa shape index (κ1) is 22.0. The van der Waals surface area contributed by atoms with Gasteiger partial charge in [0.15, 0.2) is 0 Å². The fourth-order valence-corrected chi connectivity index (χ4v) is 3.88. The summed E-state index contributed by atoms with van der Waals surface area (Å²) in [6.45, 7) is 0.872. The highest BCUT2D eigenvalue weighted by atomic mass is 35.5. The third kappa shape index (κ3) is 6.16. The summed E-state index contributed by atoms with van der Waals surface area (Å²) < 4.78 is 0. The Morgan fingerprint density at radius 2 is 1.50 bits per heavy atom. The van der Waals surface area contributed by atoms with E-state index in [0.717, 1.165) is 19.4 Å². The van der Waals surface area contributed by atoms with Crippen LogP contribution in [0, 0.1) is 0 Å². The first-order valence-electron chi connectivity index (χ1n) is 10.5. The Bertz CT molecular complexity index is 1020. The number of hydrogen-bond acceptors (Lipinski definition) is 2. The van der Waals surface area contributed by atoms with E-state index < -0.39 is 0 Å². The lowest BCUT2D eigenvalue weighted by atomic mass is 9.98.